The van der Waals surface area contributed by atoms with Crippen molar-refractivity contribution in [3.05, 3.63) is 76.8 Å². The van der Waals surface area contributed by atoms with Gasteiger partial charge >= 0.3 is 0 Å². The zero-order chi connectivity index (χ0) is 19.4. The maximum atomic E-state index is 12.7. The van der Waals surface area contributed by atoms with Crippen molar-refractivity contribution in [3.8, 4) is 11.4 Å². The monoisotopic (exact) mass is 417 g/mol. The molecule has 1 heterocycles. The number of hydrogen-bond donors (Lipinski definition) is 0. The molecule has 1 aromatic heterocycles. The van der Waals surface area contributed by atoms with Crippen LogP contribution < -0.4 is 0 Å². The minimum absolute atomic E-state index is 0.0119. The van der Waals surface area contributed by atoms with Crippen LogP contribution in [0.3, 0.4) is 0 Å². The number of rotatable bonds is 7. The lowest BCUT2D eigenvalue weighted by atomic mass is 10.1. The van der Waals surface area contributed by atoms with Crippen molar-refractivity contribution in [2.24, 2.45) is 0 Å². The first-order valence-electron chi connectivity index (χ1n) is 8.26. The molecule has 1 atom stereocenters. The third-order valence-corrected chi connectivity index (χ3v) is 5.50. The molecule has 2 aromatic carbocycles. The van der Waals surface area contributed by atoms with E-state index in [1.807, 2.05) is 35.8 Å². The summed E-state index contributed by atoms with van der Waals surface area (Å²) in [5.74, 6) is 0.720. The molecule has 4 nitrogen and oxygen atoms in total. The Labute approximate surface area is 172 Å². The molecule has 0 bridgehead atoms. The number of hydrogen-bond acceptors (Lipinski definition) is 4. The topological polar surface area (TPSA) is 47.8 Å². The molecule has 0 fully saturated rings. The normalized spacial score (nSPS) is 12.0. The molecule has 0 amide bonds. The summed E-state index contributed by atoms with van der Waals surface area (Å²) in [7, 11) is 0. The lowest BCUT2D eigenvalue weighted by molar-refractivity contribution is 0.0994. The van der Waals surface area contributed by atoms with Crippen molar-refractivity contribution in [2.75, 3.05) is 0 Å². The minimum atomic E-state index is -0.322. The first-order chi connectivity index (χ1) is 13.0. The van der Waals surface area contributed by atoms with Crippen LogP contribution in [-0.2, 0) is 6.54 Å². The van der Waals surface area contributed by atoms with Gasteiger partial charge in [-0.3, -0.25) is 9.36 Å². The number of benzene rings is 2. The van der Waals surface area contributed by atoms with Crippen LogP contribution in [0.4, 0.5) is 0 Å². The van der Waals surface area contributed by atoms with E-state index in [1.54, 1.807) is 30.3 Å². The van der Waals surface area contributed by atoms with E-state index in [0.717, 1.165) is 5.56 Å². The molecular formula is C20H17Cl2N3OS. The first kappa shape index (κ1) is 19.7. The maximum Gasteiger partial charge on any atom is 0.192 e. The zero-order valence-corrected chi connectivity index (χ0v) is 16.9. The summed E-state index contributed by atoms with van der Waals surface area (Å²) in [5.41, 5.74) is 1.52. The van der Waals surface area contributed by atoms with Gasteiger partial charge in [0.25, 0.3) is 0 Å². The SMILES string of the molecule is C=CCn1c(SC(C)C(=O)c2ccc(Cl)cc2)nnc1-c1ccc(Cl)cc1. The third kappa shape index (κ3) is 4.61. The van der Waals surface area contributed by atoms with Gasteiger partial charge in [0, 0.05) is 27.7 Å². The van der Waals surface area contributed by atoms with E-state index in [1.165, 1.54) is 11.8 Å². The number of ketones is 1. The van der Waals surface area contributed by atoms with Crippen LogP contribution in [0.15, 0.2) is 66.3 Å². The summed E-state index contributed by atoms with van der Waals surface area (Å²) < 4.78 is 1.94. The Morgan fingerprint density at radius 1 is 1.11 bits per heavy atom. The summed E-state index contributed by atoms with van der Waals surface area (Å²) in [6.07, 6.45) is 1.78. The van der Waals surface area contributed by atoms with Gasteiger partial charge in [-0.2, -0.15) is 0 Å². The van der Waals surface area contributed by atoms with Gasteiger partial charge in [-0.15, -0.1) is 16.8 Å². The number of aromatic nitrogens is 3. The van der Waals surface area contributed by atoms with Crippen LogP contribution in [0.2, 0.25) is 10.0 Å². The highest BCUT2D eigenvalue weighted by molar-refractivity contribution is 8.00. The van der Waals surface area contributed by atoms with E-state index in [0.29, 0.717) is 33.1 Å². The van der Waals surface area contributed by atoms with E-state index in [4.69, 9.17) is 23.2 Å². The Kier molecular flexibility index (Phi) is 6.37. The van der Waals surface area contributed by atoms with Gasteiger partial charge in [0.1, 0.15) is 0 Å². The molecule has 0 aliphatic carbocycles. The molecule has 0 spiro atoms. The van der Waals surface area contributed by atoms with Crippen molar-refractivity contribution in [3.63, 3.8) is 0 Å². The second-order valence-electron chi connectivity index (χ2n) is 5.84. The fourth-order valence-corrected chi connectivity index (χ4v) is 3.73. The van der Waals surface area contributed by atoms with Crippen LogP contribution in [-0.4, -0.2) is 25.8 Å². The number of nitrogens with zero attached hydrogens (tertiary/aromatic N) is 3. The second kappa shape index (κ2) is 8.74. The quantitative estimate of drug-likeness (QED) is 0.276. The second-order valence-corrected chi connectivity index (χ2v) is 8.02. The van der Waals surface area contributed by atoms with E-state index < -0.39 is 0 Å². The van der Waals surface area contributed by atoms with E-state index in [2.05, 4.69) is 16.8 Å². The summed E-state index contributed by atoms with van der Waals surface area (Å²) in [4.78, 5) is 12.7. The third-order valence-electron chi connectivity index (χ3n) is 3.91. The predicted molar refractivity (Wildman–Crippen MR) is 112 cm³/mol. The molecule has 0 N–H and O–H groups in total. The van der Waals surface area contributed by atoms with E-state index in [9.17, 15) is 4.79 Å². The summed E-state index contributed by atoms with van der Waals surface area (Å²) in [5, 5.41) is 10.2. The van der Waals surface area contributed by atoms with Gasteiger partial charge in [0.05, 0.1) is 5.25 Å². The number of Topliss-reactive ketones (excluding diaryl/α,β-unsaturated/α-hetero) is 1. The van der Waals surface area contributed by atoms with Crippen molar-refractivity contribution in [1.29, 1.82) is 0 Å². The molecule has 138 valence electrons. The zero-order valence-electron chi connectivity index (χ0n) is 14.6. The number of allylic oxidation sites excluding steroid dienone is 1. The van der Waals surface area contributed by atoms with Crippen molar-refractivity contribution < 1.29 is 4.79 Å². The summed E-state index contributed by atoms with van der Waals surface area (Å²) in [6, 6.07) is 14.3. The molecule has 7 heteroatoms. The predicted octanol–water partition coefficient (Wildman–Crippen LogP) is 5.80. The number of thioether (sulfide) groups is 1. The van der Waals surface area contributed by atoms with Gasteiger partial charge in [-0.05, 0) is 55.5 Å². The van der Waals surface area contributed by atoms with Crippen LogP contribution in [0.1, 0.15) is 17.3 Å². The molecule has 0 aliphatic heterocycles. The Bertz CT molecular complexity index is 952. The smallest absolute Gasteiger partial charge is 0.192 e. The van der Waals surface area contributed by atoms with Crippen LogP contribution in [0, 0.1) is 0 Å². The van der Waals surface area contributed by atoms with Crippen LogP contribution in [0.25, 0.3) is 11.4 Å². The maximum absolute atomic E-state index is 12.7. The highest BCUT2D eigenvalue weighted by Crippen LogP contribution is 2.29. The lowest BCUT2D eigenvalue weighted by Gasteiger charge is -2.12. The Hall–Kier alpha value is -2.08. The standard InChI is InChI=1S/C20H17Cl2N3OS/c1-3-12-25-19(15-6-10-17(22)11-7-15)23-24-20(25)27-13(2)18(26)14-4-8-16(21)9-5-14/h3-11,13H,1,12H2,2H3. The molecule has 0 aliphatic rings. The van der Waals surface area contributed by atoms with Gasteiger partial charge in [-0.1, -0.05) is 41.0 Å². The number of carbonyl (C=O) groups is 1. The van der Waals surface area contributed by atoms with E-state index in [-0.39, 0.29) is 11.0 Å². The molecule has 3 rings (SSSR count). The number of carbonyl (C=O) groups excluding carboxylic acids is 1. The Morgan fingerprint density at radius 3 is 2.30 bits per heavy atom. The van der Waals surface area contributed by atoms with Crippen molar-refractivity contribution in [1.82, 2.24) is 14.8 Å². The van der Waals surface area contributed by atoms with Gasteiger partial charge in [0.15, 0.2) is 16.8 Å². The summed E-state index contributed by atoms with van der Waals surface area (Å²) >= 11 is 13.2. The minimum Gasteiger partial charge on any atom is -0.298 e. The van der Waals surface area contributed by atoms with Crippen LogP contribution in [0.5, 0.6) is 0 Å². The highest BCUT2D eigenvalue weighted by atomic mass is 35.5. The largest absolute Gasteiger partial charge is 0.298 e. The van der Waals surface area contributed by atoms with Gasteiger partial charge in [-0.25, -0.2) is 0 Å². The molecular weight excluding hydrogens is 401 g/mol. The highest BCUT2D eigenvalue weighted by Gasteiger charge is 2.21. The number of halogens is 2. The fraction of sp³-hybridized carbons (Fsp3) is 0.150. The summed E-state index contributed by atoms with van der Waals surface area (Å²) in [6.45, 7) is 6.20. The molecule has 1 unspecified atom stereocenters. The van der Waals surface area contributed by atoms with Gasteiger partial charge < -0.3 is 0 Å². The molecule has 0 saturated heterocycles. The van der Waals surface area contributed by atoms with Crippen LogP contribution >= 0.6 is 35.0 Å². The Morgan fingerprint density at radius 2 is 1.70 bits per heavy atom. The van der Waals surface area contributed by atoms with Crippen molar-refractivity contribution in [2.45, 2.75) is 23.9 Å². The lowest BCUT2D eigenvalue weighted by Crippen LogP contribution is -2.14. The Balaban J connectivity index is 1.85. The fourth-order valence-electron chi connectivity index (χ4n) is 2.54. The van der Waals surface area contributed by atoms with Gasteiger partial charge in [0.2, 0.25) is 0 Å². The average molecular weight is 418 g/mol. The molecule has 0 saturated carbocycles. The first-order valence-corrected chi connectivity index (χ1v) is 9.89. The molecule has 27 heavy (non-hydrogen) atoms. The van der Waals surface area contributed by atoms with Crippen molar-refractivity contribution >= 4 is 40.7 Å². The average Bonchev–Trinajstić information content (AvgIpc) is 3.05. The molecule has 3 aromatic rings. The van der Waals surface area contributed by atoms with E-state index >= 15 is 0 Å². The molecule has 0 radical (unpaired) electrons.